The molecule has 0 radical (unpaired) electrons. The standard InChI is InChI=1S/C28H29Cl2FN4O5S/c1-2-23(41(37)38)33-28(36)15-9-21(31)27(32-11-15)35-12-16-8-17(35)10-22(16)39-13-18-25(34-40-26(18)14-6-7-14)24-19(29)4-3-5-20(24)30/h3-5,9,11,14,16-17,22-23H,2,6-8,10,12-13H2,1H3,(H,33,36)(H,37,38)/p-1/t16-,17-,22+,23?/m0/s1. The van der Waals surface area contributed by atoms with Gasteiger partial charge >= 0.3 is 0 Å². The number of piperidine rings is 1. The largest absolute Gasteiger partial charge is 0.771 e. The first-order valence-corrected chi connectivity index (χ1v) is 15.5. The summed E-state index contributed by atoms with van der Waals surface area (Å²) in [5.74, 6) is 0.186. The number of carbonyl (C=O) groups excluding carboxylic acids is 1. The second-order valence-electron chi connectivity index (χ2n) is 10.8. The van der Waals surface area contributed by atoms with Crippen LogP contribution in [0.25, 0.3) is 11.3 Å². The monoisotopic (exact) mass is 621 g/mol. The van der Waals surface area contributed by atoms with Crippen molar-refractivity contribution in [2.24, 2.45) is 5.92 Å². The van der Waals surface area contributed by atoms with E-state index in [1.807, 2.05) is 4.90 Å². The summed E-state index contributed by atoms with van der Waals surface area (Å²) in [6.45, 7) is 2.51. The number of benzene rings is 1. The highest BCUT2D eigenvalue weighted by Crippen LogP contribution is 2.47. The third-order valence-corrected chi connectivity index (χ3v) is 9.68. The topological polar surface area (TPSA) is 121 Å². The molecule has 2 aromatic heterocycles. The van der Waals surface area contributed by atoms with E-state index in [0.29, 0.717) is 46.8 Å². The van der Waals surface area contributed by atoms with Gasteiger partial charge in [-0.25, -0.2) is 9.37 Å². The van der Waals surface area contributed by atoms with Crippen LogP contribution in [-0.2, 0) is 22.4 Å². The van der Waals surface area contributed by atoms with Gasteiger partial charge in [-0.1, -0.05) is 41.3 Å². The van der Waals surface area contributed by atoms with Gasteiger partial charge in [0.25, 0.3) is 5.91 Å². The molecule has 3 aliphatic rings. The van der Waals surface area contributed by atoms with Gasteiger partial charge in [-0.05, 0) is 61.4 Å². The first-order valence-electron chi connectivity index (χ1n) is 13.6. The molecule has 1 saturated heterocycles. The SMILES string of the molecule is CCC(NC(=O)c1cnc(N2C[C@@H]3C[C@H]2C[C@H]3OCc2c(-c3c(Cl)cccc3Cl)noc2C2CC2)c(F)c1)S(=O)[O-]. The Morgan fingerprint density at radius 3 is 2.68 bits per heavy atom. The molecule has 2 saturated carbocycles. The first kappa shape index (κ1) is 28.5. The van der Waals surface area contributed by atoms with Gasteiger partial charge in [-0.3, -0.25) is 9.00 Å². The lowest BCUT2D eigenvalue weighted by Gasteiger charge is -2.32. The van der Waals surface area contributed by atoms with Crippen LogP contribution in [0.3, 0.4) is 0 Å². The van der Waals surface area contributed by atoms with Crippen LogP contribution in [-0.4, -0.2) is 48.9 Å². The molecule has 5 atom stereocenters. The molecule has 3 fully saturated rings. The summed E-state index contributed by atoms with van der Waals surface area (Å²) >= 11 is 10.5. The van der Waals surface area contributed by atoms with Gasteiger partial charge in [-0.15, -0.1) is 0 Å². The van der Waals surface area contributed by atoms with Crippen LogP contribution in [0.15, 0.2) is 35.0 Å². The fourth-order valence-electron chi connectivity index (χ4n) is 5.89. The Bertz CT molecular complexity index is 1480. The number of hydrogen-bond acceptors (Lipinski definition) is 8. The lowest BCUT2D eigenvalue weighted by molar-refractivity contribution is 0.0121. The lowest BCUT2D eigenvalue weighted by Crippen LogP contribution is -2.40. The Hall–Kier alpha value is -2.57. The van der Waals surface area contributed by atoms with E-state index in [0.717, 1.165) is 36.7 Å². The highest BCUT2D eigenvalue weighted by Gasteiger charge is 2.47. The number of halogens is 3. The number of nitrogens with zero attached hydrogens (tertiary/aromatic N) is 3. The molecule has 3 heterocycles. The normalized spacial score (nSPS) is 23.1. The molecule has 218 valence electrons. The zero-order valence-corrected chi connectivity index (χ0v) is 24.5. The number of hydrogen-bond donors (Lipinski definition) is 1. The molecule has 6 rings (SSSR count). The quantitative estimate of drug-likeness (QED) is 0.291. The van der Waals surface area contributed by atoms with Crippen molar-refractivity contribution in [2.75, 3.05) is 11.4 Å². The van der Waals surface area contributed by atoms with Crippen LogP contribution in [0.4, 0.5) is 10.2 Å². The zero-order chi connectivity index (χ0) is 28.8. The van der Waals surface area contributed by atoms with Crippen LogP contribution in [0.1, 0.15) is 66.6 Å². The Morgan fingerprint density at radius 1 is 1.32 bits per heavy atom. The minimum Gasteiger partial charge on any atom is -0.771 e. The van der Waals surface area contributed by atoms with Crippen molar-refractivity contribution in [3.63, 3.8) is 0 Å². The Balaban J connectivity index is 1.13. The maximum atomic E-state index is 15.1. The number of anilines is 1. The van der Waals surface area contributed by atoms with E-state index in [9.17, 15) is 13.6 Å². The smallest absolute Gasteiger partial charge is 0.253 e. The molecular weight excluding hydrogens is 594 g/mol. The summed E-state index contributed by atoms with van der Waals surface area (Å²) in [4.78, 5) is 18.6. The summed E-state index contributed by atoms with van der Waals surface area (Å²) in [5.41, 5.74) is 2.08. The van der Waals surface area contributed by atoms with Crippen molar-refractivity contribution in [2.45, 2.75) is 69.1 Å². The average molecular weight is 623 g/mol. The zero-order valence-electron chi connectivity index (χ0n) is 22.1. The number of fused-ring (bicyclic) bond motifs is 2. The second-order valence-corrected chi connectivity index (χ2v) is 12.7. The summed E-state index contributed by atoms with van der Waals surface area (Å²) in [6.07, 6.45) is 5.07. The summed E-state index contributed by atoms with van der Waals surface area (Å²) in [7, 11) is 0. The number of rotatable bonds is 10. The van der Waals surface area contributed by atoms with Crippen molar-refractivity contribution in [1.29, 1.82) is 0 Å². The van der Waals surface area contributed by atoms with E-state index in [2.05, 4.69) is 15.5 Å². The fraction of sp³-hybridized carbons (Fsp3) is 0.464. The van der Waals surface area contributed by atoms with E-state index in [1.165, 1.54) is 6.20 Å². The van der Waals surface area contributed by atoms with Gasteiger partial charge in [0.2, 0.25) is 0 Å². The average Bonchev–Trinajstić information content (AvgIpc) is 3.40. The van der Waals surface area contributed by atoms with E-state index in [-0.39, 0.29) is 35.9 Å². The maximum Gasteiger partial charge on any atom is 0.253 e. The molecule has 1 aromatic carbocycles. The number of aromatic nitrogens is 2. The van der Waals surface area contributed by atoms with Crippen LogP contribution in [0.5, 0.6) is 0 Å². The van der Waals surface area contributed by atoms with E-state index in [1.54, 1.807) is 25.1 Å². The predicted molar refractivity (Wildman–Crippen MR) is 151 cm³/mol. The number of amides is 1. The van der Waals surface area contributed by atoms with Crippen LogP contribution >= 0.6 is 23.2 Å². The fourth-order valence-corrected chi connectivity index (χ4v) is 6.94. The number of carbonyl (C=O) groups is 1. The molecule has 9 nitrogen and oxygen atoms in total. The van der Waals surface area contributed by atoms with Gasteiger partial charge in [0.05, 0.1) is 33.7 Å². The van der Waals surface area contributed by atoms with E-state index >= 15 is 4.39 Å². The molecule has 2 unspecified atom stereocenters. The summed E-state index contributed by atoms with van der Waals surface area (Å²) in [5, 5.41) is 6.65. The highest BCUT2D eigenvalue weighted by molar-refractivity contribution is 7.79. The minimum absolute atomic E-state index is 0.0279. The van der Waals surface area contributed by atoms with Crippen molar-refractivity contribution >= 4 is 46.0 Å². The Labute approximate surface area is 249 Å². The van der Waals surface area contributed by atoms with Gasteiger partial charge in [0.1, 0.15) is 11.5 Å². The molecule has 0 spiro atoms. The summed E-state index contributed by atoms with van der Waals surface area (Å²) in [6, 6.07) is 6.47. The molecule has 13 heteroatoms. The van der Waals surface area contributed by atoms with Crippen LogP contribution in [0, 0.1) is 11.7 Å². The van der Waals surface area contributed by atoms with Crippen molar-refractivity contribution in [3.8, 4) is 11.3 Å². The molecule has 2 aliphatic carbocycles. The lowest BCUT2D eigenvalue weighted by atomic mass is 10.0. The van der Waals surface area contributed by atoms with Crippen LogP contribution in [0.2, 0.25) is 10.0 Å². The van der Waals surface area contributed by atoms with Gasteiger partial charge in [0.15, 0.2) is 11.6 Å². The molecule has 1 N–H and O–H groups in total. The van der Waals surface area contributed by atoms with Crippen molar-refractivity contribution in [3.05, 3.63) is 63.2 Å². The van der Waals surface area contributed by atoms with Crippen molar-refractivity contribution in [1.82, 2.24) is 15.5 Å². The molecular formula is C28H28Cl2FN4O5S-. The maximum absolute atomic E-state index is 15.1. The number of ether oxygens (including phenoxy) is 1. The van der Waals surface area contributed by atoms with Gasteiger partial charge < -0.3 is 24.0 Å². The molecule has 3 aromatic rings. The second kappa shape index (κ2) is 11.6. The number of pyridine rings is 1. The van der Waals surface area contributed by atoms with Gasteiger partial charge in [0, 0.05) is 41.7 Å². The van der Waals surface area contributed by atoms with E-state index < -0.39 is 28.2 Å². The third kappa shape index (κ3) is 5.62. The third-order valence-electron chi connectivity index (χ3n) is 8.14. The first-order chi connectivity index (χ1) is 19.7. The molecule has 2 bridgehead atoms. The van der Waals surface area contributed by atoms with Crippen molar-refractivity contribution < 1.29 is 27.2 Å². The Kier molecular flexibility index (Phi) is 8.08. The molecule has 41 heavy (non-hydrogen) atoms. The predicted octanol–water partition coefficient (Wildman–Crippen LogP) is 5.59. The molecule has 1 aliphatic heterocycles. The minimum atomic E-state index is -2.48. The molecule has 1 amide bonds. The van der Waals surface area contributed by atoms with Gasteiger partial charge in [-0.2, -0.15) is 0 Å². The van der Waals surface area contributed by atoms with Crippen LogP contribution < -0.4 is 10.2 Å². The summed E-state index contributed by atoms with van der Waals surface area (Å²) < 4.78 is 49.8. The number of nitrogens with one attached hydrogen (secondary N) is 1. The highest BCUT2D eigenvalue weighted by atomic mass is 35.5. The van der Waals surface area contributed by atoms with E-state index in [4.69, 9.17) is 32.5 Å². The Morgan fingerprint density at radius 2 is 2.07 bits per heavy atom.